The molecule has 8 nitrogen and oxygen atoms in total. The summed E-state index contributed by atoms with van der Waals surface area (Å²) in [6.07, 6.45) is 6.56. The first-order chi connectivity index (χ1) is 12.7. The van der Waals surface area contributed by atoms with E-state index in [1.54, 1.807) is 34.3 Å². The molecule has 1 N–H and O–H groups in total. The first-order valence-corrected chi connectivity index (χ1v) is 8.17. The summed E-state index contributed by atoms with van der Waals surface area (Å²) >= 11 is 0. The molecule has 2 amide bonds. The number of carbonyl (C=O) groups excluding carboxylic acids is 2. The lowest BCUT2D eigenvalue weighted by molar-refractivity contribution is -0.122. The number of nitrogens with one attached hydrogen (secondary N) is 1. The third-order valence-electron chi connectivity index (χ3n) is 4.24. The summed E-state index contributed by atoms with van der Waals surface area (Å²) in [6.45, 7) is 0.355. The Kier molecular flexibility index (Phi) is 4.14. The van der Waals surface area contributed by atoms with Crippen molar-refractivity contribution in [1.29, 1.82) is 0 Å². The van der Waals surface area contributed by atoms with Crippen molar-refractivity contribution in [1.82, 2.24) is 19.5 Å². The van der Waals surface area contributed by atoms with Gasteiger partial charge in [0, 0.05) is 37.1 Å². The highest BCUT2D eigenvalue weighted by atomic mass is 16.2. The number of imidazole rings is 1. The first-order valence-electron chi connectivity index (χ1n) is 8.17. The van der Waals surface area contributed by atoms with Crippen molar-refractivity contribution in [2.75, 3.05) is 16.8 Å². The van der Waals surface area contributed by atoms with Crippen LogP contribution in [0.4, 0.5) is 11.5 Å². The fourth-order valence-corrected chi connectivity index (χ4v) is 2.92. The number of para-hydroxylation sites is 1. The highest BCUT2D eigenvalue weighted by Gasteiger charge is 2.35. The van der Waals surface area contributed by atoms with Gasteiger partial charge < -0.3 is 10.2 Å². The maximum Gasteiger partial charge on any atom is 0.230 e. The maximum absolute atomic E-state index is 12.6. The van der Waals surface area contributed by atoms with Crippen LogP contribution in [0, 0.1) is 5.92 Å². The van der Waals surface area contributed by atoms with Crippen molar-refractivity contribution in [3.05, 3.63) is 61.4 Å². The van der Waals surface area contributed by atoms with E-state index in [0.29, 0.717) is 18.2 Å². The second-order valence-electron chi connectivity index (χ2n) is 5.96. The zero-order valence-corrected chi connectivity index (χ0v) is 13.8. The van der Waals surface area contributed by atoms with Crippen LogP contribution in [0.15, 0.2) is 61.4 Å². The van der Waals surface area contributed by atoms with Gasteiger partial charge >= 0.3 is 0 Å². The molecular weight excluding hydrogens is 332 g/mol. The standard InChI is InChI=1S/C18H16N6O2/c25-17-8-13(10-24(17)14-4-2-1-3-5-14)18(26)22-15-9-16(21-11-20-15)23-7-6-19-12-23/h1-7,9,11-13H,8,10H2,(H,20,21,22,26). The predicted octanol–water partition coefficient (Wildman–Crippen LogP) is 1.65. The van der Waals surface area contributed by atoms with Crippen LogP contribution >= 0.6 is 0 Å². The van der Waals surface area contributed by atoms with Gasteiger partial charge in [-0.2, -0.15) is 0 Å². The molecule has 0 saturated carbocycles. The fourth-order valence-electron chi connectivity index (χ4n) is 2.92. The number of rotatable bonds is 4. The van der Waals surface area contributed by atoms with Gasteiger partial charge in [0.2, 0.25) is 11.8 Å². The van der Waals surface area contributed by atoms with Crippen LogP contribution in [0.2, 0.25) is 0 Å². The van der Waals surface area contributed by atoms with E-state index in [2.05, 4.69) is 20.3 Å². The van der Waals surface area contributed by atoms with Gasteiger partial charge in [0.05, 0.1) is 5.92 Å². The SMILES string of the molecule is O=C(Nc1cc(-n2ccnc2)ncn1)C1CC(=O)N(c2ccccc2)C1. The summed E-state index contributed by atoms with van der Waals surface area (Å²) < 4.78 is 1.72. The Labute approximate surface area is 149 Å². The first kappa shape index (κ1) is 15.9. The van der Waals surface area contributed by atoms with Crippen LogP contribution < -0.4 is 10.2 Å². The van der Waals surface area contributed by atoms with E-state index >= 15 is 0 Å². The average molecular weight is 348 g/mol. The monoisotopic (exact) mass is 348 g/mol. The molecule has 1 aromatic carbocycles. The molecule has 3 aromatic rings. The van der Waals surface area contributed by atoms with E-state index < -0.39 is 5.92 Å². The molecule has 8 heteroatoms. The molecule has 3 heterocycles. The number of carbonyl (C=O) groups is 2. The summed E-state index contributed by atoms with van der Waals surface area (Å²) in [5.41, 5.74) is 0.803. The Balaban J connectivity index is 1.46. The van der Waals surface area contributed by atoms with Crippen molar-refractivity contribution in [3.8, 4) is 5.82 Å². The van der Waals surface area contributed by atoms with Crippen molar-refractivity contribution < 1.29 is 9.59 Å². The minimum absolute atomic E-state index is 0.0573. The van der Waals surface area contributed by atoms with Crippen molar-refractivity contribution in [3.63, 3.8) is 0 Å². The van der Waals surface area contributed by atoms with Gasteiger partial charge in [-0.25, -0.2) is 15.0 Å². The molecule has 0 spiro atoms. The Morgan fingerprint density at radius 3 is 2.81 bits per heavy atom. The van der Waals surface area contributed by atoms with E-state index in [4.69, 9.17) is 0 Å². The Hall–Kier alpha value is -3.55. The van der Waals surface area contributed by atoms with Crippen LogP contribution in [0.1, 0.15) is 6.42 Å². The summed E-state index contributed by atoms with van der Waals surface area (Å²) in [4.78, 5) is 38.7. The highest BCUT2D eigenvalue weighted by molar-refractivity contribution is 6.03. The number of benzene rings is 1. The largest absolute Gasteiger partial charge is 0.312 e. The van der Waals surface area contributed by atoms with Crippen LogP contribution in [0.5, 0.6) is 0 Å². The molecule has 0 aliphatic carbocycles. The molecule has 1 fully saturated rings. The minimum Gasteiger partial charge on any atom is -0.312 e. The van der Waals surface area contributed by atoms with Crippen LogP contribution in [-0.2, 0) is 9.59 Å². The van der Waals surface area contributed by atoms with E-state index in [1.807, 2.05) is 30.3 Å². The van der Waals surface area contributed by atoms with Gasteiger partial charge in [-0.05, 0) is 12.1 Å². The Morgan fingerprint density at radius 2 is 2.04 bits per heavy atom. The molecule has 0 radical (unpaired) electrons. The van der Waals surface area contributed by atoms with Crippen LogP contribution in [0.3, 0.4) is 0 Å². The molecular formula is C18H16N6O2. The summed E-state index contributed by atoms with van der Waals surface area (Å²) in [5.74, 6) is 0.278. The molecule has 1 aliphatic heterocycles. The number of nitrogens with zero attached hydrogens (tertiary/aromatic N) is 5. The van der Waals surface area contributed by atoms with Gasteiger partial charge in [0.15, 0.2) is 0 Å². The summed E-state index contributed by atoms with van der Waals surface area (Å²) in [5, 5.41) is 2.78. The molecule has 26 heavy (non-hydrogen) atoms. The number of hydrogen-bond donors (Lipinski definition) is 1. The van der Waals surface area contributed by atoms with Gasteiger partial charge in [-0.1, -0.05) is 18.2 Å². The van der Waals surface area contributed by atoms with Crippen molar-refractivity contribution in [2.45, 2.75) is 6.42 Å². The number of aromatic nitrogens is 4. The van der Waals surface area contributed by atoms with E-state index in [9.17, 15) is 9.59 Å². The molecule has 1 aliphatic rings. The molecule has 1 saturated heterocycles. The zero-order valence-electron chi connectivity index (χ0n) is 13.8. The van der Waals surface area contributed by atoms with Crippen molar-refractivity contribution >= 4 is 23.3 Å². The molecule has 1 atom stereocenters. The average Bonchev–Trinajstić information content (AvgIpc) is 3.32. The number of hydrogen-bond acceptors (Lipinski definition) is 5. The molecule has 4 rings (SSSR count). The zero-order chi connectivity index (χ0) is 17.9. The second kappa shape index (κ2) is 6.75. The van der Waals surface area contributed by atoms with Crippen LogP contribution in [-0.4, -0.2) is 37.9 Å². The quantitative estimate of drug-likeness (QED) is 0.774. The van der Waals surface area contributed by atoms with Gasteiger partial charge in [0.1, 0.15) is 24.3 Å². The predicted molar refractivity (Wildman–Crippen MR) is 94.7 cm³/mol. The van der Waals surface area contributed by atoms with E-state index in [-0.39, 0.29) is 18.2 Å². The molecule has 130 valence electrons. The second-order valence-corrected chi connectivity index (χ2v) is 5.96. The molecule has 2 aromatic heterocycles. The van der Waals surface area contributed by atoms with Gasteiger partial charge in [-0.3, -0.25) is 14.2 Å². The minimum atomic E-state index is -0.422. The molecule has 0 bridgehead atoms. The Bertz CT molecular complexity index is 926. The lowest BCUT2D eigenvalue weighted by Gasteiger charge is -2.16. The van der Waals surface area contributed by atoms with E-state index in [1.165, 1.54) is 6.33 Å². The topological polar surface area (TPSA) is 93.0 Å². The molecule has 1 unspecified atom stereocenters. The van der Waals surface area contributed by atoms with E-state index in [0.717, 1.165) is 5.69 Å². The normalized spacial score (nSPS) is 16.7. The van der Waals surface area contributed by atoms with Gasteiger partial charge in [0.25, 0.3) is 0 Å². The van der Waals surface area contributed by atoms with Crippen LogP contribution in [0.25, 0.3) is 5.82 Å². The van der Waals surface area contributed by atoms with Gasteiger partial charge in [-0.15, -0.1) is 0 Å². The fraction of sp³-hybridized carbons (Fsp3) is 0.167. The smallest absolute Gasteiger partial charge is 0.230 e. The number of anilines is 2. The third-order valence-corrected chi connectivity index (χ3v) is 4.24. The maximum atomic E-state index is 12.6. The Morgan fingerprint density at radius 1 is 1.19 bits per heavy atom. The third kappa shape index (κ3) is 3.16. The lowest BCUT2D eigenvalue weighted by atomic mass is 10.1. The van der Waals surface area contributed by atoms with Crippen molar-refractivity contribution in [2.24, 2.45) is 5.92 Å². The summed E-state index contributed by atoms with van der Waals surface area (Å²) in [7, 11) is 0. The summed E-state index contributed by atoms with van der Waals surface area (Å²) in [6, 6.07) is 11.0. The number of amides is 2. The lowest BCUT2D eigenvalue weighted by Crippen LogP contribution is -2.28. The highest BCUT2D eigenvalue weighted by Crippen LogP contribution is 2.25.